The lowest BCUT2D eigenvalue weighted by molar-refractivity contribution is 0.244. The van der Waals surface area contributed by atoms with Gasteiger partial charge in [0.25, 0.3) is 0 Å². The van der Waals surface area contributed by atoms with Crippen LogP contribution in [0.25, 0.3) is 0 Å². The number of halogens is 1. The quantitative estimate of drug-likeness (QED) is 0.415. The second kappa shape index (κ2) is 5.87. The molecule has 1 aromatic rings. The molecular formula is C9H11ClN4O. The minimum Gasteiger partial charge on any atom is -0.333 e. The summed E-state index contributed by atoms with van der Waals surface area (Å²) in [5, 5.41) is 2.88. The first-order valence-electron chi connectivity index (χ1n) is 4.25. The van der Waals surface area contributed by atoms with E-state index in [0.717, 1.165) is 0 Å². The van der Waals surface area contributed by atoms with Gasteiger partial charge in [0.1, 0.15) is 11.0 Å². The second-order valence-corrected chi connectivity index (χ2v) is 2.98. The number of amides is 2. The van der Waals surface area contributed by atoms with E-state index in [1.165, 1.54) is 0 Å². The van der Waals surface area contributed by atoms with E-state index in [1.54, 1.807) is 24.3 Å². The van der Waals surface area contributed by atoms with Crippen LogP contribution >= 0.6 is 11.6 Å². The molecule has 0 bridgehead atoms. The highest BCUT2D eigenvalue weighted by Gasteiger charge is 1.98. The minimum absolute atomic E-state index is 0.355. The lowest BCUT2D eigenvalue weighted by Gasteiger charge is -2.07. The molecule has 0 aromatic carbocycles. The highest BCUT2D eigenvalue weighted by Crippen LogP contribution is 2.07. The molecule has 1 aromatic heterocycles. The molecule has 0 atom stereocenters. The van der Waals surface area contributed by atoms with Crippen molar-refractivity contribution in [1.29, 1.82) is 0 Å². The van der Waals surface area contributed by atoms with E-state index in [-0.39, 0.29) is 6.03 Å². The fourth-order valence-electron chi connectivity index (χ4n) is 0.808. The molecular weight excluding hydrogens is 216 g/mol. The van der Waals surface area contributed by atoms with Crippen LogP contribution in [-0.2, 0) is 0 Å². The van der Waals surface area contributed by atoms with E-state index in [9.17, 15) is 4.79 Å². The molecule has 80 valence electrons. The van der Waals surface area contributed by atoms with Crippen LogP contribution in [0.5, 0.6) is 0 Å². The number of carbonyl (C=O) groups excluding carboxylic acids is 1. The predicted molar refractivity (Wildman–Crippen MR) is 59.6 cm³/mol. The zero-order valence-corrected chi connectivity index (χ0v) is 8.71. The smallest absolute Gasteiger partial charge is 0.333 e. The zero-order chi connectivity index (χ0) is 11.1. The van der Waals surface area contributed by atoms with Crippen LogP contribution in [0, 0.1) is 0 Å². The highest BCUT2D eigenvalue weighted by atomic mass is 35.5. The fraction of sp³-hybridized carbons (Fsp3) is 0.111. The number of aromatic nitrogens is 1. The number of nitrogens with zero attached hydrogens (tertiary/aromatic N) is 1. The minimum atomic E-state index is -0.364. The summed E-state index contributed by atoms with van der Waals surface area (Å²) in [6.07, 6.45) is 1.58. The Bertz CT molecular complexity index is 356. The molecule has 0 saturated carbocycles. The van der Waals surface area contributed by atoms with Gasteiger partial charge in [0.2, 0.25) is 0 Å². The predicted octanol–water partition coefficient (Wildman–Crippen LogP) is 1.55. The van der Waals surface area contributed by atoms with E-state index >= 15 is 0 Å². The van der Waals surface area contributed by atoms with E-state index in [2.05, 4.69) is 27.7 Å². The van der Waals surface area contributed by atoms with Crippen molar-refractivity contribution >= 4 is 23.4 Å². The molecule has 15 heavy (non-hydrogen) atoms. The number of pyridine rings is 1. The third-order valence-corrected chi connectivity index (χ3v) is 1.64. The SMILES string of the molecule is C=CCNC(=O)NNc1cccc(Cl)n1. The Morgan fingerprint density at radius 3 is 3.07 bits per heavy atom. The van der Waals surface area contributed by atoms with Gasteiger partial charge in [-0.05, 0) is 12.1 Å². The van der Waals surface area contributed by atoms with E-state index in [1.807, 2.05) is 0 Å². The molecule has 1 rings (SSSR count). The molecule has 0 fully saturated rings. The first-order valence-corrected chi connectivity index (χ1v) is 4.63. The Balaban J connectivity index is 2.36. The number of hydrogen-bond donors (Lipinski definition) is 3. The number of carbonyl (C=O) groups is 1. The Kier molecular flexibility index (Phi) is 4.43. The summed E-state index contributed by atoms with van der Waals surface area (Å²) in [7, 11) is 0. The summed E-state index contributed by atoms with van der Waals surface area (Å²) in [5.74, 6) is 0.469. The molecule has 0 aliphatic heterocycles. The van der Waals surface area contributed by atoms with Gasteiger partial charge >= 0.3 is 6.03 Å². The number of rotatable bonds is 4. The van der Waals surface area contributed by atoms with Crippen molar-refractivity contribution in [3.63, 3.8) is 0 Å². The molecule has 2 amide bonds. The monoisotopic (exact) mass is 226 g/mol. The Hall–Kier alpha value is -1.75. The van der Waals surface area contributed by atoms with Gasteiger partial charge in [-0.3, -0.25) is 10.9 Å². The molecule has 5 nitrogen and oxygen atoms in total. The van der Waals surface area contributed by atoms with E-state index in [0.29, 0.717) is 17.5 Å². The van der Waals surface area contributed by atoms with Gasteiger partial charge in [-0.2, -0.15) is 0 Å². The van der Waals surface area contributed by atoms with Crippen molar-refractivity contribution in [3.05, 3.63) is 36.0 Å². The topological polar surface area (TPSA) is 66.1 Å². The van der Waals surface area contributed by atoms with Crippen molar-refractivity contribution in [2.24, 2.45) is 0 Å². The summed E-state index contributed by atoms with van der Waals surface area (Å²) in [5.41, 5.74) is 4.99. The molecule has 0 saturated heterocycles. The van der Waals surface area contributed by atoms with Gasteiger partial charge in [0.15, 0.2) is 0 Å². The maximum Gasteiger partial charge on any atom is 0.333 e. The lowest BCUT2D eigenvalue weighted by Crippen LogP contribution is -2.39. The van der Waals surface area contributed by atoms with Gasteiger partial charge in [-0.1, -0.05) is 23.7 Å². The molecule has 0 unspecified atom stereocenters. The Morgan fingerprint density at radius 2 is 2.40 bits per heavy atom. The first kappa shape index (κ1) is 11.3. The first-order chi connectivity index (χ1) is 7.22. The largest absolute Gasteiger partial charge is 0.333 e. The van der Waals surface area contributed by atoms with Gasteiger partial charge in [0, 0.05) is 6.54 Å². The van der Waals surface area contributed by atoms with Crippen molar-refractivity contribution in [3.8, 4) is 0 Å². The standard InChI is InChI=1S/C9H11ClN4O/c1-2-6-11-9(15)14-13-8-5-3-4-7(10)12-8/h2-5H,1,6H2,(H,12,13)(H2,11,14,15). The van der Waals surface area contributed by atoms with Crippen molar-refractivity contribution in [2.45, 2.75) is 0 Å². The normalized spacial score (nSPS) is 9.13. The molecule has 0 aliphatic carbocycles. The van der Waals surface area contributed by atoms with Crippen LogP contribution in [-0.4, -0.2) is 17.6 Å². The Labute approximate surface area is 92.5 Å². The van der Waals surface area contributed by atoms with Crippen molar-refractivity contribution in [2.75, 3.05) is 12.0 Å². The van der Waals surface area contributed by atoms with Crippen LogP contribution in [0.15, 0.2) is 30.9 Å². The number of urea groups is 1. The van der Waals surface area contributed by atoms with Crippen LogP contribution in [0.2, 0.25) is 5.15 Å². The summed E-state index contributed by atoms with van der Waals surface area (Å²) < 4.78 is 0. The van der Waals surface area contributed by atoms with Crippen molar-refractivity contribution < 1.29 is 4.79 Å². The lowest BCUT2D eigenvalue weighted by atomic mass is 10.5. The van der Waals surface area contributed by atoms with Gasteiger partial charge in [-0.25, -0.2) is 9.78 Å². The number of hydrazine groups is 1. The third kappa shape index (κ3) is 4.33. The summed E-state index contributed by atoms with van der Waals surface area (Å²) in [4.78, 5) is 15.0. The average molecular weight is 227 g/mol. The molecule has 3 N–H and O–H groups in total. The number of hydrogen-bond acceptors (Lipinski definition) is 3. The van der Waals surface area contributed by atoms with E-state index in [4.69, 9.17) is 11.6 Å². The number of anilines is 1. The molecule has 6 heteroatoms. The van der Waals surface area contributed by atoms with Crippen LogP contribution in [0.3, 0.4) is 0 Å². The summed E-state index contributed by atoms with van der Waals surface area (Å²) in [6.45, 7) is 3.87. The van der Waals surface area contributed by atoms with Crippen LogP contribution < -0.4 is 16.2 Å². The highest BCUT2D eigenvalue weighted by molar-refractivity contribution is 6.29. The summed E-state index contributed by atoms with van der Waals surface area (Å²) in [6, 6.07) is 4.68. The van der Waals surface area contributed by atoms with Gasteiger partial charge in [-0.15, -0.1) is 6.58 Å². The fourth-order valence-corrected chi connectivity index (χ4v) is 0.972. The van der Waals surface area contributed by atoms with E-state index < -0.39 is 0 Å². The third-order valence-electron chi connectivity index (χ3n) is 1.43. The molecule has 0 spiro atoms. The average Bonchev–Trinajstić information content (AvgIpc) is 2.23. The van der Waals surface area contributed by atoms with Crippen molar-refractivity contribution in [1.82, 2.24) is 15.7 Å². The zero-order valence-electron chi connectivity index (χ0n) is 7.96. The van der Waals surface area contributed by atoms with Crippen LogP contribution in [0.4, 0.5) is 10.6 Å². The van der Waals surface area contributed by atoms with Gasteiger partial charge in [0.05, 0.1) is 0 Å². The number of nitrogens with one attached hydrogen (secondary N) is 3. The maximum atomic E-state index is 11.1. The Morgan fingerprint density at radius 1 is 1.60 bits per heavy atom. The molecule has 0 aliphatic rings. The molecule has 0 radical (unpaired) electrons. The second-order valence-electron chi connectivity index (χ2n) is 2.59. The summed E-state index contributed by atoms with van der Waals surface area (Å²) >= 11 is 5.65. The van der Waals surface area contributed by atoms with Crippen LogP contribution in [0.1, 0.15) is 0 Å². The van der Waals surface area contributed by atoms with Gasteiger partial charge < -0.3 is 5.32 Å². The molecule has 1 heterocycles. The maximum absolute atomic E-state index is 11.1.